The van der Waals surface area contributed by atoms with Gasteiger partial charge in [0.25, 0.3) is 10.0 Å². The standard InChI is InChI=1S/C15H27N5O5S2/c1-17-12-15(16-13-17)27(23,24)19-4-3-14(11-19)20(26(2,21)22)6-5-18-7-9-25-10-8-18/h12-14H,3-11H2,1-2H3. The van der Waals surface area contributed by atoms with Gasteiger partial charge in [-0.15, -0.1) is 0 Å². The number of ether oxygens (including phenoxy) is 1. The van der Waals surface area contributed by atoms with Crippen molar-refractivity contribution in [2.75, 3.05) is 58.7 Å². The molecule has 0 bridgehead atoms. The van der Waals surface area contributed by atoms with Crippen molar-refractivity contribution in [2.45, 2.75) is 17.5 Å². The maximum Gasteiger partial charge on any atom is 0.262 e. The first-order valence-corrected chi connectivity index (χ1v) is 12.2. The zero-order chi connectivity index (χ0) is 19.7. The monoisotopic (exact) mass is 421 g/mol. The molecule has 0 radical (unpaired) electrons. The van der Waals surface area contributed by atoms with Crippen LogP contribution in [0.15, 0.2) is 17.6 Å². The summed E-state index contributed by atoms with van der Waals surface area (Å²) in [5.41, 5.74) is 0. The molecule has 2 aliphatic rings. The van der Waals surface area contributed by atoms with Crippen LogP contribution in [0.5, 0.6) is 0 Å². The summed E-state index contributed by atoms with van der Waals surface area (Å²) in [5, 5.41) is -0.00938. The number of rotatable bonds is 7. The number of aromatic nitrogens is 2. The fraction of sp³-hybridized carbons (Fsp3) is 0.800. The second kappa shape index (κ2) is 8.13. The molecule has 1 aromatic rings. The van der Waals surface area contributed by atoms with E-state index in [2.05, 4.69) is 9.88 Å². The molecule has 3 heterocycles. The lowest BCUT2D eigenvalue weighted by atomic mass is 10.2. The van der Waals surface area contributed by atoms with Crippen molar-refractivity contribution in [1.82, 2.24) is 23.1 Å². The molecule has 1 unspecified atom stereocenters. The highest BCUT2D eigenvalue weighted by Gasteiger charge is 2.39. The first kappa shape index (κ1) is 20.7. The molecule has 0 spiro atoms. The Balaban J connectivity index is 1.67. The lowest BCUT2D eigenvalue weighted by Gasteiger charge is -2.31. The molecule has 2 aliphatic heterocycles. The molecule has 1 aromatic heterocycles. The fourth-order valence-electron chi connectivity index (χ4n) is 3.50. The Morgan fingerprint density at radius 3 is 2.52 bits per heavy atom. The molecule has 0 saturated carbocycles. The second-order valence-corrected chi connectivity index (χ2v) is 10.8. The van der Waals surface area contributed by atoms with Gasteiger partial charge in [0, 0.05) is 58.6 Å². The maximum absolute atomic E-state index is 12.7. The Hall–Kier alpha value is -1.05. The summed E-state index contributed by atoms with van der Waals surface area (Å²) in [6.07, 6.45) is 4.55. The first-order valence-electron chi connectivity index (χ1n) is 8.93. The molecule has 2 fully saturated rings. The molecule has 0 aliphatic carbocycles. The summed E-state index contributed by atoms with van der Waals surface area (Å²) < 4.78 is 59.8. The van der Waals surface area contributed by atoms with Gasteiger partial charge in [0.2, 0.25) is 10.0 Å². The third kappa shape index (κ3) is 4.87. The van der Waals surface area contributed by atoms with E-state index in [1.165, 1.54) is 27.4 Å². The Bertz CT molecular complexity index is 848. The Morgan fingerprint density at radius 1 is 1.22 bits per heavy atom. The van der Waals surface area contributed by atoms with Gasteiger partial charge >= 0.3 is 0 Å². The zero-order valence-corrected chi connectivity index (χ0v) is 17.3. The predicted molar refractivity (Wildman–Crippen MR) is 99.2 cm³/mol. The van der Waals surface area contributed by atoms with Crippen LogP contribution >= 0.6 is 0 Å². The normalized spacial score (nSPS) is 23.3. The quantitative estimate of drug-likeness (QED) is 0.543. The van der Waals surface area contributed by atoms with E-state index in [1.54, 1.807) is 11.6 Å². The van der Waals surface area contributed by atoms with Gasteiger partial charge in [0.15, 0.2) is 5.03 Å². The van der Waals surface area contributed by atoms with Crippen LogP contribution < -0.4 is 0 Å². The molecule has 0 amide bonds. The van der Waals surface area contributed by atoms with Crippen LogP contribution in [0.25, 0.3) is 0 Å². The first-order chi connectivity index (χ1) is 12.7. The van der Waals surface area contributed by atoms with Crippen LogP contribution in [0.4, 0.5) is 0 Å². The van der Waals surface area contributed by atoms with Crippen LogP contribution in [-0.4, -0.2) is 105 Å². The van der Waals surface area contributed by atoms with Crippen molar-refractivity contribution in [2.24, 2.45) is 7.05 Å². The maximum atomic E-state index is 12.7. The van der Waals surface area contributed by atoms with Crippen molar-refractivity contribution in [3.63, 3.8) is 0 Å². The highest BCUT2D eigenvalue weighted by molar-refractivity contribution is 7.89. The van der Waals surface area contributed by atoms with E-state index in [0.29, 0.717) is 32.7 Å². The number of morpholine rings is 1. The van der Waals surface area contributed by atoms with E-state index in [0.717, 1.165) is 13.1 Å². The third-order valence-corrected chi connectivity index (χ3v) is 8.07. The van der Waals surface area contributed by atoms with Gasteiger partial charge in [-0.05, 0) is 6.42 Å². The molecule has 3 rings (SSSR count). The molecule has 2 saturated heterocycles. The largest absolute Gasteiger partial charge is 0.379 e. The predicted octanol–water partition coefficient (Wildman–Crippen LogP) is -1.22. The Labute approximate surface area is 160 Å². The molecule has 27 heavy (non-hydrogen) atoms. The van der Waals surface area contributed by atoms with Crippen molar-refractivity contribution < 1.29 is 21.6 Å². The van der Waals surface area contributed by atoms with Crippen LogP contribution in [0.3, 0.4) is 0 Å². The highest BCUT2D eigenvalue weighted by atomic mass is 32.2. The van der Waals surface area contributed by atoms with E-state index in [1.807, 2.05) is 0 Å². The minimum absolute atomic E-state index is 0.00938. The molecule has 12 heteroatoms. The third-order valence-electron chi connectivity index (χ3n) is 4.99. The minimum atomic E-state index is -3.71. The molecule has 154 valence electrons. The summed E-state index contributed by atoms with van der Waals surface area (Å²) in [5.74, 6) is 0. The lowest BCUT2D eigenvalue weighted by Crippen LogP contribution is -2.47. The highest BCUT2D eigenvalue weighted by Crippen LogP contribution is 2.24. The Morgan fingerprint density at radius 2 is 1.93 bits per heavy atom. The van der Waals surface area contributed by atoms with Crippen molar-refractivity contribution in [3.05, 3.63) is 12.5 Å². The molecular weight excluding hydrogens is 394 g/mol. The number of hydrogen-bond acceptors (Lipinski definition) is 7. The molecule has 1 atom stereocenters. The minimum Gasteiger partial charge on any atom is -0.379 e. The van der Waals surface area contributed by atoms with Crippen LogP contribution in [0.1, 0.15) is 6.42 Å². The number of sulfonamides is 2. The molecule has 0 N–H and O–H groups in total. The topological polar surface area (TPSA) is 105 Å². The van der Waals surface area contributed by atoms with Gasteiger partial charge in [0.05, 0.1) is 25.8 Å². The van der Waals surface area contributed by atoms with Gasteiger partial charge in [0.1, 0.15) is 0 Å². The van der Waals surface area contributed by atoms with Crippen LogP contribution in [0.2, 0.25) is 0 Å². The van der Waals surface area contributed by atoms with Gasteiger partial charge < -0.3 is 9.30 Å². The number of hydrogen-bond donors (Lipinski definition) is 0. The van der Waals surface area contributed by atoms with Gasteiger partial charge in [-0.25, -0.2) is 21.8 Å². The van der Waals surface area contributed by atoms with Gasteiger partial charge in [-0.3, -0.25) is 4.90 Å². The summed E-state index contributed by atoms with van der Waals surface area (Å²) in [6, 6.07) is -0.362. The van der Waals surface area contributed by atoms with Crippen molar-refractivity contribution in [1.29, 1.82) is 0 Å². The van der Waals surface area contributed by atoms with Gasteiger partial charge in [-0.1, -0.05) is 0 Å². The Kier molecular flexibility index (Phi) is 6.23. The number of imidazole rings is 1. The summed E-state index contributed by atoms with van der Waals surface area (Å²) >= 11 is 0. The average Bonchev–Trinajstić information content (AvgIpc) is 3.25. The smallest absolute Gasteiger partial charge is 0.262 e. The summed E-state index contributed by atoms with van der Waals surface area (Å²) in [7, 11) is -5.45. The second-order valence-electron chi connectivity index (χ2n) is 7.01. The molecular formula is C15H27N5O5S2. The SMILES string of the molecule is Cn1cnc(S(=O)(=O)N2CCC(N(CCN3CCOCC3)S(C)(=O)=O)C2)c1. The van der Waals surface area contributed by atoms with E-state index < -0.39 is 20.0 Å². The fourth-order valence-corrected chi connectivity index (χ4v) is 6.09. The molecule has 10 nitrogen and oxygen atoms in total. The zero-order valence-electron chi connectivity index (χ0n) is 15.7. The number of aryl methyl sites for hydroxylation is 1. The summed E-state index contributed by atoms with van der Waals surface area (Å²) in [6.45, 7) is 4.25. The van der Waals surface area contributed by atoms with Crippen molar-refractivity contribution >= 4 is 20.0 Å². The van der Waals surface area contributed by atoms with Gasteiger partial charge in [-0.2, -0.15) is 8.61 Å². The van der Waals surface area contributed by atoms with Crippen LogP contribution in [0, 0.1) is 0 Å². The van der Waals surface area contributed by atoms with E-state index >= 15 is 0 Å². The lowest BCUT2D eigenvalue weighted by molar-refractivity contribution is 0.0354. The van der Waals surface area contributed by atoms with E-state index in [4.69, 9.17) is 4.74 Å². The average molecular weight is 422 g/mol. The summed E-state index contributed by atoms with van der Waals surface area (Å²) in [4.78, 5) is 6.10. The molecule has 0 aromatic carbocycles. The van der Waals surface area contributed by atoms with Crippen molar-refractivity contribution in [3.8, 4) is 0 Å². The number of nitrogens with zero attached hydrogens (tertiary/aromatic N) is 5. The van der Waals surface area contributed by atoms with E-state index in [9.17, 15) is 16.8 Å². The van der Waals surface area contributed by atoms with E-state index in [-0.39, 0.29) is 24.2 Å². The van der Waals surface area contributed by atoms with Crippen LogP contribution in [-0.2, 0) is 31.8 Å².